The summed E-state index contributed by atoms with van der Waals surface area (Å²) in [5, 5.41) is 30.9. The second kappa shape index (κ2) is 19.4. The molecule has 0 heterocycles. The second-order valence-corrected chi connectivity index (χ2v) is 19.4. The van der Waals surface area contributed by atoms with Gasteiger partial charge in [0.15, 0.2) is 0 Å². The van der Waals surface area contributed by atoms with E-state index in [4.69, 9.17) is 9.47 Å². The monoisotopic (exact) mass is 894 g/mol. The van der Waals surface area contributed by atoms with Crippen LogP contribution >= 0.6 is 0 Å². The third-order valence-corrected chi connectivity index (χ3v) is 11.9. The van der Waals surface area contributed by atoms with Crippen molar-refractivity contribution in [3.63, 3.8) is 0 Å². The second-order valence-electron chi connectivity index (χ2n) is 19.4. The van der Waals surface area contributed by atoms with Crippen molar-refractivity contribution in [2.24, 2.45) is 0 Å². The molecule has 344 valence electrons. The van der Waals surface area contributed by atoms with Crippen LogP contribution in [0, 0.1) is 11.6 Å². The maximum absolute atomic E-state index is 13.9. The number of rotatable bonds is 10. The quantitative estimate of drug-likeness (QED) is 0.102. The molecule has 6 aromatic rings. The molecule has 1 aliphatic rings. The SMILES string of the molecule is CCCOc1c2cc(C(C)(C)C)cc1Cc1cc(NC(=O)c3ccc(F)cc3)cc(c1O)Cc1cc(C(C)(C)C)cc(c1OCCC)Cc1cc(NC(=O)c3ccc(F)cc3)cc(c1O)C2. The number of carbonyl (C=O) groups excluding carboxylic acids is 2. The highest BCUT2D eigenvalue weighted by atomic mass is 19.1. The predicted molar refractivity (Wildman–Crippen MR) is 258 cm³/mol. The van der Waals surface area contributed by atoms with Crippen LogP contribution in [-0.4, -0.2) is 35.2 Å². The fraction of sp³-hybridized carbons (Fsp3) is 0.321. The molecule has 0 unspecified atom stereocenters. The van der Waals surface area contributed by atoms with Gasteiger partial charge in [0.05, 0.1) is 13.2 Å². The Labute approximate surface area is 387 Å². The maximum atomic E-state index is 13.9. The number of halogens is 2. The number of ether oxygens (including phenoxy) is 2. The molecule has 7 rings (SSSR count). The number of anilines is 2. The third kappa shape index (κ3) is 10.9. The first-order valence-corrected chi connectivity index (χ1v) is 22.7. The van der Waals surface area contributed by atoms with Gasteiger partial charge in [0.25, 0.3) is 11.8 Å². The summed E-state index contributed by atoms with van der Waals surface area (Å²) in [5.41, 5.74) is 8.19. The van der Waals surface area contributed by atoms with Gasteiger partial charge in [0.1, 0.15) is 34.6 Å². The number of benzene rings is 6. The molecule has 0 aromatic heterocycles. The van der Waals surface area contributed by atoms with Crippen LogP contribution in [0.1, 0.15) is 145 Å². The van der Waals surface area contributed by atoms with Gasteiger partial charge in [-0.3, -0.25) is 9.59 Å². The lowest BCUT2D eigenvalue weighted by molar-refractivity contribution is 0.101. The smallest absolute Gasteiger partial charge is 0.255 e. The largest absolute Gasteiger partial charge is 0.507 e. The summed E-state index contributed by atoms with van der Waals surface area (Å²) >= 11 is 0. The molecule has 4 N–H and O–H groups in total. The van der Waals surface area contributed by atoms with E-state index in [1.807, 2.05) is 13.8 Å². The normalized spacial score (nSPS) is 12.6. The Hall–Kier alpha value is -6.68. The first kappa shape index (κ1) is 47.3. The molecule has 10 heteroatoms. The van der Waals surface area contributed by atoms with Crippen molar-refractivity contribution in [1.82, 2.24) is 0 Å². The minimum Gasteiger partial charge on any atom is -0.507 e. The van der Waals surface area contributed by atoms with Crippen LogP contribution in [0.5, 0.6) is 23.0 Å². The highest BCUT2D eigenvalue weighted by Crippen LogP contribution is 2.43. The molecule has 8 bridgehead atoms. The molecular weight excluding hydrogens is 835 g/mol. The summed E-state index contributed by atoms with van der Waals surface area (Å²) in [6, 6.07) is 26.2. The Balaban J connectivity index is 1.51. The van der Waals surface area contributed by atoms with Crippen LogP contribution in [0.25, 0.3) is 0 Å². The Morgan fingerprint density at radius 3 is 1.05 bits per heavy atom. The van der Waals surface area contributed by atoms with Gasteiger partial charge in [-0.2, -0.15) is 0 Å². The topological polar surface area (TPSA) is 117 Å². The van der Waals surface area contributed by atoms with E-state index in [9.17, 15) is 28.6 Å². The molecule has 0 radical (unpaired) electrons. The number of amides is 2. The molecule has 0 aliphatic heterocycles. The molecule has 66 heavy (non-hydrogen) atoms. The molecule has 0 atom stereocenters. The molecule has 0 spiro atoms. The van der Waals surface area contributed by atoms with Crippen molar-refractivity contribution in [3.8, 4) is 23.0 Å². The van der Waals surface area contributed by atoms with Gasteiger partial charge in [-0.05, 0) is 130 Å². The van der Waals surface area contributed by atoms with Gasteiger partial charge >= 0.3 is 0 Å². The maximum Gasteiger partial charge on any atom is 0.255 e. The van der Waals surface area contributed by atoms with Crippen molar-refractivity contribution in [3.05, 3.63) is 175 Å². The standard InChI is InChI=1S/C56H60F2N2O6/c1-9-19-65-51-39-21-35-29-47(59-53(63)33-11-15-45(57)16-12-33)31-37(49(35)61)23-41-27-44(56(6,7)8)28-42(52(41)66-20-10-2)24-38-32-48(60-54(64)34-13-17-46(58)18-14-34)30-36(50(38)62)22-40(51)26-43(25-39)55(3,4)5/h11-18,25-32,61-62H,9-10,19-24H2,1-8H3,(H,59,63)(H,60,64). The van der Waals surface area contributed by atoms with Gasteiger partial charge in [-0.1, -0.05) is 79.7 Å². The van der Waals surface area contributed by atoms with Gasteiger partial charge in [0.2, 0.25) is 0 Å². The van der Waals surface area contributed by atoms with Crippen LogP contribution in [0.4, 0.5) is 20.2 Å². The first-order valence-electron chi connectivity index (χ1n) is 22.7. The van der Waals surface area contributed by atoms with Gasteiger partial charge in [-0.25, -0.2) is 8.78 Å². The lowest BCUT2D eigenvalue weighted by atomic mass is 9.81. The predicted octanol–water partition coefficient (Wildman–Crippen LogP) is 12.7. The van der Waals surface area contributed by atoms with Crippen LogP contribution in [0.15, 0.2) is 97.1 Å². The van der Waals surface area contributed by atoms with Gasteiger partial charge in [0, 0.05) is 70.4 Å². The number of hydrogen-bond donors (Lipinski definition) is 4. The van der Waals surface area contributed by atoms with E-state index in [2.05, 4.69) is 76.4 Å². The van der Waals surface area contributed by atoms with Crippen molar-refractivity contribution in [2.45, 2.75) is 105 Å². The van der Waals surface area contributed by atoms with Crippen molar-refractivity contribution < 1.29 is 38.1 Å². The zero-order valence-electron chi connectivity index (χ0n) is 39.2. The fourth-order valence-electron chi connectivity index (χ4n) is 8.31. The fourth-order valence-corrected chi connectivity index (χ4v) is 8.31. The van der Waals surface area contributed by atoms with E-state index in [1.165, 1.54) is 48.5 Å². The van der Waals surface area contributed by atoms with E-state index in [-0.39, 0.29) is 59.1 Å². The van der Waals surface area contributed by atoms with Crippen LogP contribution in [0.2, 0.25) is 0 Å². The highest BCUT2D eigenvalue weighted by molar-refractivity contribution is 6.05. The minimum absolute atomic E-state index is 0.0691. The first-order chi connectivity index (χ1) is 31.3. The average Bonchev–Trinajstić information content (AvgIpc) is 3.25. The summed E-state index contributed by atoms with van der Waals surface area (Å²) in [6.45, 7) is 17.6. The van der Waals surface area contributed by atoms with Crippen LogP contribution in [-0.2, 0) is 36.5 Å². The zero-order chi connectivity index (χ0) is 47.5. The van der Waals surface area contributed by atoms with Crippen LogP contribution in [0.3, 0.4) is 0 Å². The number of carbonyl (C=O) groups is 2. The molecule has 2 amide bonds. The Morgan fingerprint density at radius 1 is 0.500 bits per heavy atom. The lowest BCUT2D eigenvalue weighted by Crippen LogP contribution is -2.16. The number of phenolic OH excluding ortho intramolecular Hbond substituents is 2. The molecule has 0 saturated carbocycles. The zero-order valence-corrected chi connectivity index (χ0v) is 39.2. The van der Waals surface area contributed by atoms with E-state index in [1.54, 1.807) is 24.3 Å². The number of hydrogen-bond acceptors (Lipinski definition) is 6. The molecular formula is C56H60F2N2O6. The third-order valence-electron chi connectivity index (χ3n) is 11.9. The van der Waals surface area contributed by atoms with E-state index in [0.717, 1.165) is 46.2 Å². The summed E-state index contributed by atoms with van der Waals surface area (Å²) in [7, 11) is 0. The summed E-state index contributed by atoms with van der Waals surface area (Å²) in [5.74, 6) is -0.408. The van der Waals surface area contributed by atoms with Gasteiger partial charge in [-0.15, -0.1) is 0 Å². The Bertz CT molecular complexity index is 2480. The number of phenols is 2. The van der Waals surface area contributed by atoms with Crippen molar-refractivity contribution in [1.29, 1.82) is 0 Å². The lowest BCUT2D eigenvalue weighted by Gasteiger charge is -2.26. The van der Waals surface area contributed by atoms with E-state index in [0.29, 0.717) is 58.3 Å². The molecule has 0 saturated heterocycles. The van der Waals surface area contributed by atoms with Crippen LogP contribution < -0.4 is 20.1 Å². The summed E-state index contributed by atoms with van der Waals surface area (Å²) in [4.78, 5) is 27.4. The molecule has 0 fully saturated rings. The minimum atomic E-state index is -0.451. The molecule has 6 aromatic carbocycles. The Morgan fingerprint density at radius 2 is 0.788 bits per heavy atom. The molecule has 8 nitrogen and oxygen atoms in total. The highest BCUT2D eigenvalue weighted by Gasteiger charge is 2.27. The number of fused-ring (bicyclic) bond motifs is 8. The van der Waals surface area contributed by atoms with Crippen molar-refractivity contribution >= 4 is 23.2 Å². The van der Waals surface area contributed by atoms with Crippen molar-refractivity contribution in [2.75, 3.05) is 23.8 Å². The number of nitrogens with one attached hydrogen (secondary N) is 2. The summed E-state index contributed by atoms with van der Waals surface area (Å²) < 4.78 is 41.0. The van der Waals surface area contributed by atoms with E-state index >= 15 is 0 Å². The van der Waals surface area contributed by atoms with Gasteiger partial charge < -0.3 is 30.3 Å². The Kier molecular flexibility index (Phi) is 13.9. The summed E-state index contributed by atoms with van der Waals surface area (Å²) in [6.07, 6.45) is 2.30. The molecule has 1 aliphatic carbocycles. The van der Waals surface area contributed by atoms with E-state index < -0.39 is 23.4 Å². The average molecular weight is 895 g/mol. The number of aromatic hydroxyl groups is 2.